The Labute approximate surface area is 130 Å². The molecule has 0 radical (unpaired) electrons. The summed E-state index contributed by atoms with van der Waals surface area (Å²) >= 11 is 0. The van der Waals surface area contributed by atoms with Gasteiger partial charge in [-0.3, -0.25) is 9.59 Å². The molecule has 0 saturated carbocycles. The Kier molecular flexibility index (Phi) is 59.5. The fourth-order valence-electron chi connectivity index (χ4n) is 0. The maximum absolute atomic E-state index is 9.56. The summed E-state index contributed by atoms with van der Waals surface area (Å²) in [5.74, 6) is -0.380. The first-order valence-corrected chi connectivity index (χ1v) is 5.79. The van der Waals surface area contributed by atoms with Gasteiger partial charge in [-0.15, -0.1) is 0 Å². The average Bonchev–Trinajstić information content (AvgIpc) is 2.39. The molecule has 0 aromatic carbocycles. The summed E-state index contributed by atoms with van der Waals surface area (Å²) in [6.45, 7) is 6.50. The van der Waals surface area contributed by atoms with Crippen LogP contribution >= 0.6 is 0 Å². The molecule has 0 aliphatic carbocycles. The second kappa shape index (κ2) is 36.1. The van der Waals surface area contributed by atoms with E-state index in [1.165, 1.54) is 13.8 Å². The third-order valence-corrected chi connectivity index (χ3v) is 0.893. The summed E-state index contributed by atoms with van der Waals surface area (Å²) in [5, 5.41) is 31.3. The number of Topliss-reactive ketones (excluding diaryl/α,β-unsaturated/α-hetero) is 2. The molecule has 0 atom stereocenters. The Morgan fingerprint density at radius 3 is 0.842 bits per heavy atom. The summed E-state index contributed by atoms with van der Waals surface area (Å²) < 4.78 is 0. The van der Waals surface area contributed by atoms with Crippen LogP contribution in [0.3, 0.4) is 0 Å². The topological polar surface area (TPSA) is 115 Å². The Balaban J connectivity index is -0.0000000453. The molecule has 0 aliphatic heterocycles. The van der Waals surface area contributed by atoms with Gasteiger partial charge >= 0.3 is 0 Å². The van der Waals surface area contributed by atoms with Crippen LogP contribution < -0.4 is 0 Å². The maximum Gasteiger partial charge on any atom is 0.155 e. The Morgan fingerprint density at radius 1 is 0.737 bits per heavy atom. The van der Waals surface area contributed by atoms with E-state index in [2.05, 4.69) is 0 Å². The van der Waals surface area contributed by atoms with Crippen LogP contribution in [0.25, 0.3) is 0 Å². The van der Waals surface area contributed by atoms with Crippen LogP contribution in [0.15, 0.2) is 0 Å². The molecule has 6 nitrogen and oxygen atoms in total. The van der Waals surface area contributed by atoms with Crippen molar-refractivity contribution < 1.29 is 51.7 Å². The molecule has 19 heavy (non-hydrogen) atoms. The molecule has 0 aromatic heterocycles. The molecular weight excluding hydrogens is 288 g/mol. The van der Waals surface area contributed by atoms with E-state index in [1.54, 1.807) is 0 Å². The SMILES string of the molecule is CC(=O)CO.CC(=O)CO.CCCO.CCCO.[Ti]. The second-order valence-electron chi connectivity index (χ2n) is 3.17. The fraction of sp³-hybridized carbons (Fsp3) is 0.833. The zero-order valence-electron chi connectivity index (χ0n) is 12.3. The van der Waals surface area contributed by atoms with Gasteiger partial charge in [-0.25, -0.2) is 0 Å². The second-order valence-corrected chi connectivity index (χ2v) is 3.17. The van der Waals surface area contributed by atoms with Crippen molar-refractivity contribution in [2.45, 2.75) is 40.5 Å². The normalized spacial score (nSPS) is 7.16. The van der Waals surface area contributed by atoms with Gasteiger partial charge in [-0.1, -0.05) is 13.8 Å². The van der Waals surface area contributed by atoms with E-state index in [0.717, 1.165) is 12.8 Å². The van der Waals surface area contributed by atoms with Gasteiger partial charge in [0.1, 0.15) is 13.2 Å². The van der Waals surface area contributed by atoms with Gasteiger partial charge in [0.25, 0.3) is 0 Å². The maximum atomic E-state index is 9.56. The summed E-state index contributed by atoms with van der Waals surface area (Å²) in [7, 11) is 0. The van der Waals surface area contributed by atoms with E-state index in [1.807, 2.05) is 13.8 Å². The van der Waals surface area contributed by atoms with Gasteiger partial charge in [0.05, 0.1) is 0 Å². The van der Waals surface area contributed by atoms with Crippen molar-refractivity contribution in [3.63, 3.8) is 0 Å². The first-order chi connectivity index (χ1) is 8.37. The molecule has 0 bridgehead atoms. The summed E-state index contributed by atoms with van der Waals surface area (Å²) in [5.41, 5.74) is 0. The minimum Gasteiger partial charge on any atom is -0.396 e. The number of aliphatic hydroxyl groups is 4. The van der Waals surface area contributed by atoms with Gasteiger partial charge in [0, 0.05) is 34.9 Å². The van der Waals surface area contributed by atoms with Crippen LogP contribution in [0.5, 0.6) is 0 Å². The van der Waals surface area contributed by atoms with E-state index < -0.39 is 0 Å². The number of rotatable bonds is 4. The molecule has 0 unspecified atom stereocenters. The van der Waals surface area contributed by atoms with Crippen molar-refractivity contribution in [2.24, 2.45) is 0 Å². The summed E-state index contributed by atoms with van der Waals surface area (Å²) in [6.07, 6.45) is 1.75. The zero-order chi connectivity index (χ0) is 15.4. The largest absolute Gasteiger partial charge is 0.396 e. The molecule has 0 heterocycles. The van der Waals surface area contributed by atoms with Gasteiger partial charge in [-0.2, -0.15) is 0 Å². The van der Waals surface area contributed by atoms with Crippen LogP contribution in [0.2, 0.25) is 0 Å². The third-order valence-electron chi connectivity index (χ3n) is 0.893. The number of hydrogen-bond donors (Lipinski definition) is 4. The molecule has 0 spiro atoms. The van der Waals surface area contributed by atoms with Gasteiger partial charge in [0.15, 0.2) is 11.6 Å². The smallest absolute Gasteiger partial charge is 0.155 e. The summed E-state index contributed by atoms with van der Waals surface area (Å²) in [4.78, 5) is 19.1. The monoisotopic (exact) mass is 316 g/mol. The number of carbonyl (C=O) groups excluding carboxylic acids is 2. The third kappa shape index (κ3) is 130. The number of aliphatic hydroxyl groups excluding tert-OH is 4. The van der Waals surface area contributed by atoms with E-state index in [4.69, 9.17) is 20.4 Å². The van der Waals surface area contributed by atoms with E-state index >= 15 is 0 Å². The predicted molar refractivity (Wildman–Crippen MR) is 70.3 cm³/mol. The number of ketones is 2. The number of carbonyl (C=O) groups is 2. The van der Waals surface area contributed by atoms with Crippen molar-refractivity contribution in [1.82, 2.24) is 0 Å². The zero-order valence-corrected chi connectivity index (χ0v) is 13.9. The van der Waals surface area contributed by atoms with Crippen molar-refractivity contribution in [3.05, 3.63) is 0 Å². The molecule has 0 saturated heterocycles. The minimum absolute atomic E-state index is 0. The molecule has 0 aromatic rings. The van der Waals surface area contributed by atoms with Crippen LogP contribution in [-0.2, 0) is 31.3 Å². The van der Waals surface area contributed by atoms with E-state index in [0.29, 0.717) is 13.2 Å². The molecule has 7 heteroatoms. The van der Waals surface area contributed by atoms with E-state index in [9.17, 15) is 9.59 Å². The fourth-order valence-corrected chi connectivity index (χ4v) is 0. The van der Waals surface area contributed by atoms with Crippen LogP contribution in [0.4, 0.5) is 0 Å². The van der Waals surface area contributed by atoms with Crippen LogP contribution in [0.1, 0.15) is 40.5 Å². The Morgan fingerprint density at radius 2 is 0.842 bits per heavy atom. The summed E-state index contributed by atoms with van der Waals surface area (Å²) in [6, 6.07) is 0. The molecular formula is C12H28O6Ti. The van der Waals surface area contributed by atoms with Crippen LogP contribution in [-0.4, -0.2) is 58.4 Å². The standard InChI is InChI=1S/2C3H6O2.2C3H8O.Ti/c2*1-3(5)2-4;2*1-2-3-4;/h2*4H,2H2,1H3;2*4H,2-3H2,1H3;. The Hall–Kier alpha value is -0.106. The minimum atomic E-state index is -0.333. The van der Waals surface area contributed by atoms with Gasteiger partial charge in [0.2, 0.25) is 0 Å². The molecule has 0 rings (SSSR count). The Bertz CT molecular complexity index is 142. The van der Waals surface area contributed by atoms with Crippen molar-refractivity contribution in [2.75, 3.05) is 26.4 Å². The molecule has 0 amide bonds. The number of hydrogen-bond acceptors (Lipinski definition) is 6. The molecule has 0 fully saturated rings. The van der Waals surface area contributed by atoms with Crippen LogP contribution in [0, 0.1) is 0 Å². The van der Waals surface area contributed by atoms with Crippen molar-refractivity contribution >= 4 is 11.6 Å². The molecule has 116 valence electrons. The first kappa shape index (κ1) is 31.3. The quantitative estimate of drug-likeness (QED) is 0.539. The van der Waals surface area contributed by atoms with Gasteiger partial charge < -0.3 is 20.4 Å². The first-order valence-electron chi connectivity index (χ1n) is 5.79. The van der Waals surface area contributed by atoms with Gasteiger partial charge in [-0.05, 0) is 26.7 Å². The predicted octanol–water partition coefficient (Wildman–Crippen LogP) is -0.0897. The van der Waals surface area contributed by atoms with E-state index in [-0.39, 0.29) is 46.5 Å². The van der Waals surface area contributed by atoms with Crippen molar-refractivity contribution in [3.8, 4) is 0 Å². The molecule has 0 aliphatic rings. The average molecular weight is 316 g/mol. The molecule has 4 N–H and O–H groups in total. The van der Waals surface area contributed by atoms with Crippen molar-refractivity contribution in [1.29, 1.82) is 0 Å².